The van der Waals surface area contributed by atoms with Crippen LogP contribution in [0.15, 0.2) is 128 Å². The van der Waals surface area contributed by atoms with Gasteiger partial charge in [0.25, 0.3) is 0 Å². The zero-order chi connectivity index (χ0) is 48.0. The number of anilines is 4. The van der Waals surface area contributed by atoms with Gasteiger partial charge in [0, 0.05) is 65.5 Å². The number of aryl methyl sites for hydroxylation is 1. The molecule has 9 rings (SSSR count). The van der Waals surface area contributed by atoms with E-state index in [1.165, 1.54) is 16.7 Å². The van der Waals surface area contributed by atoms with Gasteiger partial charge in [-0.15, -0.1) is 53.6 Å². The number of para-hydroxylation sites is 1. The summed E-state index contributed by atoms with van der Waals surface area (Å²) in [6.07, 6.45) is 1.89. The second kappa shape index (κ2) is 16.7. The summed E-state index contributed by atoms with van der Waals surface area (Å²) >= 11 is 0. The molecule has 3 heterocycles. The fourth-order valence-electron chi connectivity index (χ4n) is 8.52. The van der Waals surface area contributed by atoms with Gasteiger partial charge in [-0.25, -0.2) is 4.98 Å². The Kier molecular flexibility index (Phi) is 10.8. The molecule has 0 saturated heterocycles. The molecule has 0 N–H and O–H groups in total. The van der Waals surface area contributed by atoms with E-state index in [-0.39, 0.29) is 48.3 Å². The van der Waals surface area contributed by atoms with Crippen LogP contribution in [0.1, 0.15) is 115 Å². The summed E-state index contributed by atoms with van der Waals surface area (Å²) in [5, 5.41) is 2.13. The van der Waals surface area contributed by atoms with Crippen molar-refractivity contribution in [2.75, 3.05) is 9.80 Å². The molecule has 0 atom stereocenters. The first kappa shape index (κ1) is 42.0. The first-order valence-electron chi connectivity index (χ1n) is 23.9. The van der Waals surface area contributed by atoms with Crippen LogP contribution in [0.3, 0.4) is 0 Å². The molecule has 0 unspecified atom stereocenters. The summed E-state index contributed by atoms with van der Waals surface area (Å²) in [5.41, 5.74) is 11.4. The van der Waals surface area contributed by atoms with Gasteiger partial charge in [-0.1, -0.05) is 149 Å². The van der Waals surface area contributed by atoms with Crippen molar-refractivity contribution < 1.29 is 29.9 Å². The van der Waals surface area contributed by atoms with E-state index in [2.05, 4.69) is 190 Å². The van der Waals surface area contributed by atoms with Gasteiger partial charge in [0.2, 0.25) is 0 Å². The number of fused-ring (bicyclic) bond motifs is 4. The molecule has 65 heavy (non-hydrogen) atoms. The third-order valence-electron chi connectivity index (χ3n) is 12.4. The molecule has 0 aliphatic carbocycles. The summed E-state index contributed by atoms with van der Waals surface area (Å²) in [7, 11) is 0. The van der Waals surface area contributed by atoms with Gasteiger partial charge in [0.15, 0.2) is 0 Å². The minimum Gasteiger partial charge on any atom is -0.509 e. The summed E-state index contributed by atoms with van der Waals surface area (Å²) < 4.78 is 35.2. The molecule has 1 aliphatic heterocycles. The number of aromatic nitrogens is 2. The Morgan fingerprint density at radius 1 is 0.569 bits per heavy atom. The molecule has 2 aromatic heterocycles. The molecule has 6 heteroatoms. The Morgan fingerprint density at radius 3 is 1.91 bits per heavy atom. The fraction of sp³-hybridized carbons (Fsp3) is 0.288. The van der Waals surface area contributed by atoms with Crippen molar-refractivity contribution in [3.63, 3.8) is 0 Å². The van der Waals surface area contributed by atoms with Crippen LogP contribution in [0, 0.1) is 25.7 Å². The Labute approximate surface area is 406 Å². The minimum absolute atomic E-state index is 0. The van der Waals surface area contributed by atoms with Crippen LogP contribution in [-0.4, -0.2) is 9.55 Å². The minimum atomic E-state index is -2.36. The Morgan fingerprint density at radius 2 is 1.25 bits per heavy atom. The molecule has 5 nitrogen and oxygen atoms in total. The van der Waals surface area contributed by atoms with Gasteiger partial charge in [0.1, 0.15) is 5.82 Å². The van der Waals surface area contributed by atoms with E-state index < -0.39 is 6.85 Å². The molecule has 0 spiro atoms. The van der Waals surface area contributed by atoms with Crippen molar-refractivity contribution in [3.8, 4) is 28.4 Å². The third-order valence-corrected chi connectivity index (χ3v) is 12.4. The Bertz CT molecular complexity index is 3150. The van der Waals surface area contributed by atoms with Crippen LogP contribution in [0.25, 0.3) is 38.8 Å². The fourth-order valence-corrected chi connectivity index (χ4v) is 8.52. The quantitative estimate of drug-likeness (QED) is 0.155. The molecular weight excluding hydrogens is 976 g/mol. The molecule has 0 fully saturated rings. The maximum Gasteiger partial charge on any atom is 0.135 e. The van der Waals surface area contributed by atoms with E-state index >= 15 is 0 Å². The Balaban J connectivity index is 0.00000625. The zero-order valence-electron chi connectivity index (χ0n) is 42.7. The van der Waals surface area contributed by atoms with Gasteiger partial charge in [-0.05, 0) is 104 Å². The topological polar surface area (TPSA) is 33.5 Å². The summed E-state index contributed by atoms with van der Waals surface area (Å²) in [5.74, 6) is 1.86. The number of benzene rings is 6. The van der Waals surface area contributed by atoms with Gasteiger partial charge in [-0.3, -0.25) is 0 Å². The van der Waals surface area contributed by atoms with Crippen LogP contribution >= 0.6 is 0 Å². The molecule has 1 aliphatic rings. The van der Waals surface area contributed by atoms with Gasteiger partial charge in [0.05, 0.1) is 0 Å². The maximum absolute atomic E-state index is 8.71. The molecule has 0 amide bonds. The first-order valence-corrected chi connectivity index (χ1v) is 22.4. The van der Waals surface area contributed by atoms with E-state index in [4.69, 9.17) is 13.8 Å². The van der Waals surface area contributed by atoms with E-state index in [1.54, 1.807) is 6.07 Å². The molecule has 6 aromatic carbocycles. The van der Waals surface area contributed by atoms with Crippen LogP contribution in [0.4, 0.5) is 22.7 Å². The molecule has 0 bridgehead atoms. The second-order valence-corrected chi connectivity index (χ2v) is 21.4. The summed E-state index contributed by atoms with van der Waals surface area (Å²) in [6.45, 7) is 26.1. The third kappa shape index (κ3) is 8.89. The Hall–Kier alpha value is -5.64. The van der Waals surface area contributed by atoms with E-state index in [9.17, 15) is 0 Å². The number of nitrogens with zero attached hydrogens (tertiary/aromatic N) is 4. The van der Waals surface area contributed by atoms with Crippen LogP contribution in [0.5, 0.6) is 11.5 Å². The summed E-state index contributed by atoms with van der Waals surface area (Å²) in [4.78, 5) is 9.03. The van der Waals surface area contributed by atoms with Crippen molar-refractivity contribution in [1.82, 2.24) is 9.55 Å². The molecule has 0 saturated carbocycles. The zero-order valence-corrected chi connectivity index (χ0v) is 42.0. The monoisotopic (exact) mass is 1040 g/mol. The molecule has 8 aromatic rings. The van der Waals surface area contributed by atoms with Crippen molar-refractivity contribution in [2.24, 2.45) is 0 Å². The van der Waals surface area contributed by atoms with Crippen molar-refractivity contribution in [1.29, 1.82) is 0 Å². The first-order chi connectivity index (χ1) is 31.3. The van der Waals surface area contributed by atoms with Crippen molar-refractivity contribution >= 4 is 44.6 Å². The average Bonchev–Trinajstić information content (AvgIpc) is 3.81. The molecular formula is C59H61N4OPt-3. The van der Waals surface area contributed by atoms with Crippen LogP contribution in [0.2, 0.25) is 0 Å². The van der Waals surface area contributed by atoms with Gasteiger partial charge in [-0.2, -0.15) is 6.07 Å². The molecule has 336 valence electrons. The van der Waals surface area contributed by atoms with E-state index in [0.717, 1.165) is 61.4 Å². The van der Waals surface area contributed by atoms with Gasteiger partial charge >= 0.3 is 0 Å². The normalized spacial score (nSPS) is 14.2. The van der Waals surface area contributed by atoms with Crippen LogP contribution in [-0.2, 0) is 42.7 Å². The SMILES string of the molecule is [2H]C([2H])([2H])c1cccc2c1N(c1cc(C(C)(C)C)cc(C(C)(C)C)c1)[CH-]N2c1[c-]c(Oc2[c-]c3c(cc2)c2cc(-c4ccccc4)ccc2n3-c2cc(C(C)(C)C)ccn2)cc(C(C)(C)C)c1.[Pt]. The second-order valence-electron chi connectivity index (χ2n) is 21.4. The largest absolute Gasteiger partial charge is 0.509 e. The van der Waals surface area contributed by atoms with Crippen molar-refractivity contribution in [3.05, 3.63) is 174 Å². The number of ether oxygens (including phenoxy) is 1. The van der Waals surface area contributed by atoms with Crippen LogP contribution < -0.4 is 14.5 Å². The van der Waals surface area contributed by atoms with Gasteiger partial charge < -0.3 is 19.1 Å². The molecule has 0 radical (unpaired) electrons. The van der Waals surface area contributed by atoms with Crippen molar-refractivity contribution in [2.45, 2.75) is 112 Å². The standard InChI is InChI=1S/C59H61N4O.Pt/c1-38-18-17-21-52-55(38)62(45-30-42(57(5,6)7)29-43(31-45)58(8,9)10)37-61(52)46-32-44(59(11,12)13)33-48(35-46)64-47-23-24-49-50-28-40(39-19-15-14-16-20-39)22-25-51(50)63(53(49)36-47)54-34-41(26-27-60-54)56(2,3)4;/h14-34,37H,1-13H3;/q-3;/i1D3;. The predicted octanol–water partition coefficient (Wildman–Crippen LogP) is 16.1. The number of hydrogen-bond donors (Lipinski definition) is 0. The number of hydrogen-bond acceptors (Lipinski definition) is 4. The maximum atomic E-state index is 8.71. The number of pyridine rings is 1. The van der Waals surface area contributed by atoms with E-state index in [0.29, 0.717) is 17.2 Å². The predicted molar refractivity (Wildman–Crippen MR) is 269 cm³/mol. The smallest absolute Gasteiger partial charge is 0.135 e. The average molecular weight is 1040 g/mol. The number of rotatable bonds is 6. The van der Waals surface area contributed by atoms with E-state index in [1.807, 2.05) is 48.1 Å². The summed E-state index contributed by atoms with van der Waals surface area (Å²) in [6, 6.07) is 49.1.